The van der Waals surface area contributed by atoms with E-state index in [9.17, 15) is 14.4 Å². The average Bonchev–Trinajstić information content (AvgIpc) is 2.67. The number of ether oxygens (including phenoxy) is 2. The van der Waals surface area contributed by atoms with E-state index in [-0.39, 0.29) is 17.9 Å². The van der Waals surface area contributed by atoms with Crippen LogP contribution in [-0.4, -0.2) is 29.6 Å². The van der Waals surface area contributed by atoms with Crippen LogP contribution >= 0.6 is 0 Å². The van der Waals surface area contributed by atoms with E-state index >= 15 is 0 Å². The van der Waals surface area contributed by atoms with Gasteiger partial charge >= 0.3 is 17.9 Å². The Morgan fingerprint density at radius 2 is 1.63 bits per heavy atom. The first kappa shape index (κ1) is 19.7. The Hall–Kier alpha value is -3.67. The normalized spacial score (nSPS) is 10.4. The molecule has 0 saturated heterocycles. The minimum Gasteiger partial charge on any atom is -0.478 e. The number of carboxylic acid groups (broad SMARTS) is 1. The maximum absolute atomic E-state index is 11.8. The predicted octanol–water partition coefficient (Wildman–Crippen LogP) is 3.28. The first-order valence-corrected chi connectivity index (χ1v) is 8.09. The van der Waals surface area contributed by atoms with E-state index in [1.54, 1.807) is 6.08 Å². The van der Waals surface area contributed by atoms with Crippen molar-refractivity contribution in [3.63, 3.8) is 0 Å². The summed E-state index contributed by atoms with van der Waals surface area (Å²) in [5, 5.41) is 8.83. The summed E-state index contributed by atoms with van der Waals surface area (Å²) in [6.07, 6.45) is 4.59. The number of carbonyl (C=O) groups is 3. The number of aromatic carboxylic acids is 1. The zero-order chi connectivity index (χ0) is 19.6. The Balaban J connectivity index is 1.85. The van der Waals surface area contributed by atoms with Crippen LogP contribution in [0.4, 0.5) is 0 Å². The molecule has 0 atom stereocenters. The SMILES string of the molecule is C=CC(=O)OCCc1ccc(/C=C/C(=O)Oc2ccc(C(=O)O)cc2)cc1. The summed E-state index contributed by atoms with van der Waals surface area (Å²) in [6, 6.07) is 13.0. The molecule has 0 aliphatic rings. The summed E-state index contributed by atoms with van der Waals surface area (Å²) < 4.78 is 10.0. The van der Waals surface area contributed by atoms with Crippen LogP contribution in [-0.2, 0) is 20.7 Å². The number of hydrogen-bond donors (Lipinski definition) is 1. The molecule has 27 heavy (non-hydrogen) atoms. The number of rotatable bonds is 8. The fourth-order valence-corrected chi connectivity index (χ4v) is 2.10. The van der Waals surface area contributed by atoms with E-state index in [0.29, 0.717) is 6.42 Å². The molecule has 2 aromatic rings. The van der Waals surface area contributed by atoms with Crippen LogP contribution in [0.5, 0.6) is 5.75 Å². The molecule has 0 unspecified atom stereocenters. The molecule has 0 fully saturated rings. The zero-order valence-electron chi connectivity index (χ0n) is 14.5. The number of hydrogen-bond acceptors (Lipinski definition) is 5. The lowest BCUT2D eigenvalue weighted by Gasteiger charge is -2.03. The van der Waals surface area contributed by atoms with Gasteiger partial charge in [-0.15, -0.1) is 0 Å². The first-order valence-electron chi connectivity index (χ1n) is 8.09. The molecule has 0 aromatic heterocycles. The van der Waals surface area contributed by atoms with Crippen molar-refractivity contribution in [3.05, 3.63) is 84.0 Å². The van der Waals surface area contributed by atoms with Gasteiger partial charge in [0, 0.05) is 18.6 Å². The number of carboxylic acids is 1. The third-order valence-corrected chi connectivity index (χ3v) is 3.51. The molecular weight excluding hydrogens is 348 g/mol. The van der Waals surface area contributed by atoms with Gasteiger partial charge in [-0.2, -0.15) is 0 Å². The Morgan fingerprint density at radius 1 is 0.963 bits per heavy atom. The van der Waals surface area contributed by atoms with Gasteiger partial charge in [0.05, 0.1) is 12.2 Å². The third-order valence-electron chi connectivity index (χ3n) is 3.51. The number of benzene rings is 2. The Bertz CT molecular complexity index is 847. The van der Waals surface area contributed by atoms with E-state index in [1.165, 1.54) is 30.3 Å². The van der Waals surface area contributed by atoms with Crippen LogP contribution in [0, 0.1) is 0 Å². The second-order valence-electron chi connectivity index (χ2n) is 5.45. The lowest BCUT2D eigenvalue weighted by molar-refractivity contribution is -0.137. The molecule has 2 rings (SSSR count). The largest absolute Gasteiger partial charge is 0.478 e. The van der Waals surface area contributed by atoms with E-state index in [1.807, 2.05) is 24.3 Å². The van der Waals surface area contributed by atoms with Gasteiger partial charge in [0.2, 0.25) is 0 Å². The van der Waals surface area contributed by atoms with Gasteiger partial charge in [-0.1, -0.05) is 30.8 Å². The zero-order valence-corrected chi connectivity index (χ0v) is 14.5. The predicted molar refractivity (Wildman–Crippen MR) is 99.4 cm³/mol. The molecular formula is C21H18O6. The standard InChI is InChI=1S/C21H18O6/c1-2-19(22)26-14-13-16-5-3-15(4-6-16)7-12-20(23)27-18-10-8-17(9-11-18)21(24)25/h2-12H,1,13-14H2,(H,24,25)/b12-7+. The molecule has 0 aliphatic carbocycles. The molecule has 6 nitrogen and oxygen atoms in total. The fourth-order valence-electron chi connectivity index (χ4n) is 2.10. The summed E-state index contributed by atoms with van der Waals surface area (Å²) in [5.74, 6) is -1.81. The van der Waals surface area contributed by atoms with Gasteiger partial charge in [0.15, 0.2) is 0 Å². The quantitative estimate of drug-likeness (QED) is 0.438. The highest BCUT2D eigenvalue weighted by Gasteiger charge is 2.04. The van der Waals surface area contributed by atoms with Crippen molar-refractivity contribution in [3.8, 4) is 5.75 Å². The molecule has 1 N–H and O–H groups in total. The number of carbonyl (C=O) groups excluding carboxylic acids is 2. The van der Waals surface area contributed by atoms with Gasteiger partial charge in [0.25, 0.3) is 0 Å². The molecule has 0 aliphatic heterocycles. The fraction of sp³-hybridized carbons (Fsp3) is 0.0952. The van der Waals surface area contributed by atoms with Crippen molar-refractivity contribution in [2.45, 2.75) is 6.42 Å². The Labute approximate surface area is 156 Å². The van der Waals surface area contributed by atoms with Crippen LogP contribution in [0.1, 0.15) is 21.5 Å². The third kappa shape index (κ3) is 6.62. The van der Waals surface area contributed by atoms with E-state index in [2.05, 4.69) is 6.58 Å². The first-order chi connectivity index (χ1) is 13.0. The minimum atomic E-state index is -1.05. The maximum atomic E-state index is 11.8. The highest BCUT2D eigenvalue weighted by molar-refractivity contribution is 5.89. The summed E-state index contributed by atoms with van der Waals surface area (Å²) in [4.78, 5) is 33.6. The van der Waals surface area contributed by atoms with Gasteiger partial charge in [-0.3, -0.25) is 0 Å². The van der Waals surface area contributed by atoms with E-state index < -0.39 is 17.9 Å². The van der Waals surface area contributed by atoms with Crippen molar-refractivity contribution in [1.82, 2.24) is 0 Å². The van der Waals surface area contributed by atoms with Crippen molar-refractivity contribution in [2.75, 3.05) is 6.61 Å². The molecule has 6 heteroatoms. The second-order valence-corrected chi connectivity index (χ2v) is 5.45. The van der Waals surface area contributed by atoms with Crippen molar-refractivity contribution in [1.29, 1.82) is 0 Å². The topological polar surface area (TPSA) is 89.9 Å². The molecule has 0 spiro atoms. The maximum Gasteiger partial charge on any atom is 0.336 e. The average molecular weight is 366 g/mol. The van der Waals surface area contributed by atoms with E-state index in [4.69, 9.17) is 14.6 Å². The highest BCUT2D eigenvalue weighted by Crippen LogP contribution is 2.13. The molecule has 0 heterocycles. The van der Waals surface area contributed by atoms with Crippen LogP contribution in [0.3, 0.4) is 0 Å². The Kier molecular flexibility index (Phi) is 7.07. The molecule has 138 valence electrons. The lowest BCUT2D eigenvalue weighted by Crippen LogP contribution is -2.04. The summed E-state index contributed by atoms with van der Waals surface area (Å²) in [7, 11) is 0. The van der Waals surface area contributed by atoms with Crippen molar-refractivity contribution >= 4 is 24.0 Å². The van der Waals surface area contributed by atoms with Gasteiger partial charge in [0.1, 0.15) is 5.75 Å². The molecule has 0 radical (unpaired) electrons. The van der Waals surface area contributed by atoms with Crippen LogP contribution < -0.4 is 4.74 Å². The van der Waals surface area contributed by atoms with Crippen LogP contribution in [0.25, 0.3) is 6.08 Å². The molecule has 0 amide bonds. The minimum absolute atomic E-state index is 0.115. The van der Waals surface area contributed by atoms with Crippen molar-refractivity contribution in [2.24, 2.45) is 0 Å². The molecule has 0 bridgehead atoms. The monoisotopic (exact) mass is 366 g/mol. The van der Waals surface area contributed by atoms with E-state index in [0.717, 1.165) is 17.2 Å². The summed E-state index contributed by atoms with van der Waals surface area (Å²) in [5.41, 5.74) is 1.91. The molecule has 2 aromatic carbocycles. The van der Waals surface area contributed by atoms with Gasteiger partial charge in [-0.25, -0.2) is 14.4 Å². The second kappa shape index (κ2) is 9.72. The number of esters is 2. The van der Waals surface area contributed by atoms with Crippen LogP contribution in [0.2, 0.25) is 0 Å². The van der Waals surface area contributed by atoms with Crippen molar-refractivity contribution < 1.29 is 29.0 Å². The van der Waals surface area contributed by atoms with Gasteiger partial charge < -0.3 is 14.6 Å². The highest BCUT2D eigenvalue weighted by atomic mass is 16.5. The smallest absolute Gasteiger partial charge is 0.336 e. The van der Waals surface area contributed by atoms with Crippen LogP contribution in [0.15, 0.2) is 67.3 Å². The lowest BCUT2D eigenvalue weighted by atomic mass is 10.1. The van der Waals surface area contributed by atoms with Gasteiger partial charge in [-0.05, 0) is 41.5 Å². The summed E-state index contributed by atoms with van der Waals surface area (Å²) in [6.45, 7) is 3.60. The Morgan fingerprint density at radius 3 is 2.22 bits per heavy atom. The molecule has 0 saturated carbocycles. The summed E-state index contributed by atoms with van der Waals surface area (Å²) >= 11 is 0.